The summed E-state index contributed by atoms with van der Waals surface area (Å²) in [6, 6.07) is 4.04. The maximum atomic E-state index is 13.5. The van der Waals surface area contributed by atoms with Crippen molar-refractivity contribution in [1.82, 2.24) is 14.6 Å². The van der Waals surface area contributed by atoms with E-state index < -0.39 is 11.9 Å². The molecule has 1 fully saturated rings. The van der Waals surface area contributed by atoms with Crippen LogP contribution < -0.4 is 10.0 Å². The molecular weight excluding hydrogens is 393 g/mol. The van der Waals surface area contributed by atoms with Crippen LogP contribution in [0.2, 0.25) is 0 Å². The number of halogens is 1. The highest BCUT2D eigenvalue weighted by atomic mass is 32.2. The number of carbonyl (C=O) groups excluding carboxylic acids is 1. The summed E-state index contributed by atoms with van der Waals surface area (Å²) in [7, 11) is 2.03. The number of nitrogens with zero attached hydrogens (tertiary/aromatic N) is 3. The van der Waals surface area contributed by atoms with Crippen LogP contribution in [0.1, 0.15) is 38.8 Å². The Morgan fingerprint density at radius 3 is 2.93 bits per heavy atom. The van der Waals surface area contributed by atoms with Crippen LogP contribution in [0.4, 0.5) is 10.1 Å². The van der Waals surface area contributed by atoms with E-state index in [0.717, 1.165) is 48.0 Å². The standard InChI is InChI=1S/C20H26FN5O2S/c1-13(8-19(28)24-15-9-16(11-22)23-18(21)10-15)20(29-25-14(2)12-27)17-6-4-5-7-26(17)3/h8-10,14,25,27H,4-7,12H2,1-3H3,(H,23,24,28)/b13-8+,20-17+. The average molecular weight is 420 g/mol. The SMILES string of the molecule is CC(=C\C(=O)Nc1cc(F)nc(C#N)c1)/C(SNC(C)CO)=C1/CCCCN1C. The zero-order valence-corrected chi connectivity index (χ0v) is 17.6. The molecule has 3 N–H and O–H groups in total. The molecule has 0 aliphatic carbocycles. The third-order valence-corrected chi connectivity index (χ3v) is 5.68. The van der Waals surface area contributed by atoms with Gasteiger partial charge in [-0.05, 0) is 56.7 Å². The number of hydrogen-bond acceptors (Lipinski definition) is 7. The Morgan fingerprint density at radius 2 is 2.28 bits per heavy atom. The maximum Gasteiger partial charge on any atom is 0.248 e. The smallest absolute Gasteiger partial charge is 0.248 e. The van der Waals surface area contributed by atoms with Crippen LogP contribution in [0, 0.1) is 17.3 Å². The van der Waals surface area contributed by atoms with Crippen molar-refractivity contribution >= 4 is 23.5 Å². The molecule has 0 saturated carbocycles. The molecule has 1 aromatic rings. The van der Waals surface area contributed by atoms with Gasteiger partial charge in [-0.1, -0.05) is 0 Å². The van der Waals surface area contributed by atoms with Crippen molar-refractivity contribution in [1.29, 1.82) is 5.26 Å². The highest BCUT2D eigenvalue weighted by Gasteiger charge is 2.19. The van der Waals surface area contributed by atoms with Gasteiger partial charge in [0.1, 0.15) is 11.8 Å². The monoisotopic (exact) mass is 419 g/mol. The van der Waals surface area contributed by atoms with Crippen molar-refractivity contribution in [3.05, 3.63) is 46.0 Å². The number of amides is 1. The predicted octanol–water partition coefficient (Wildman–Crippen LogP) is 2.92. The molecule has 1 aliphatic heterocycles. The van der Waals surface area contributed by atoms with Crippen LogP contribution in [-0.4, -0.2) is 47.1 Å². The lowest BCUT2D eigenvalue weighted by Gasteiger charge is -2.30. The largest absolute Gasteiger partial charge is 0.395 e. The molecule has 1 atom stereocenters. The first kappa shape index (κ1) is 22.9. The Labute approximate surface area is 174 Å². The molecule has 1 aromatic heterocycles. The minimum absolute atomic E-state index is 0.00351. The molecule has 1 saturated heterocycles. The van der Waals surface area contributed by atoms with Crippen molar-refractivity contribution in [3.8, 4) is 6.07 Å². The van der Waals surface area contributed by atoms with Crippen molar-refractivity contribution in [2.45, 2.75) is 39.2 Å². The maximum absolute atomic E-state index is 13.5. The van der Waals surface area contributed by atoms with Crippen molar-refractivity contribution in [3.63, 3.8) is 0 Å². The summed E-state index contributed by atoms with van der Waals surface area (Å²) < 4.78 is 16.7. The Hall–Kier alpha value is -2.41. The topological polar surface area (TPSA) is 101 Å². The number of aliphatic hydroxyl groups is 1. The number of anilines is 1. The molecule has 0 aromatic carbocycles. The lowest BCUT2D eigenvalue weighted by Crippen LogP contribution is -2.27. The van der Waals surface area contributed by atoms with Gasteiger partial charge < -0.3 is 15.3 Å². The van der Waals surface area contributed by atoms with Crippen LogP contribution >= 0.6 is 11.9 Å². The van der Waals surface area contributed by atoms with E-state index in [2.05, 4.69) is 19.9 Å². The first-order valence-electron chi connectivity index (χ1n) is 9.39. The van der Waals surface area contributed by atoms with E-state index in [-0.39, 0.29) is 24.0 Å². The quantitative estimate of drug-likeness (QED) is 0.355. The van der Waals surface area contributed by atoms with E-state index in [1.165, 1.54) is 24.1 Å². The highest BCUT2D eigenvalue weighted by Crippen LogP contribution is 2.32. The van der Waals surface area contributed by atoms with E-state index in [9.17, 15) is 14.3 Å². The molecule has 7 nitrogen and oxygen atoms in total. The number of aromatic nitrogens is 1. The van der Waals surface area contributed by atoms with E-state index in [4.69, 9.17) is 5.26 Å². The van der Waals surface area contributed by atoms with E-state index in [1.54, 1.807) is 6.07 Å². The van der Waals surface area contributed by atoms with Crippen LogP contribution in [0.25, 0.3) is 0 Å². The highest BCUT2D eigenvalue weighted by molar-refractivity contribution is 8.01. The number of likely N-dealkylation sites (tertiary alicyclic amines) is 1. The number of allylic oxidation sites excluding steroid dienone is 2. The second-order valence-corrected chi connectivity index (χ2v) is 7.80. The van der Waals surface area contributed by atoms with E-state index in [0.29, 0.717) is 0 Å². The molecule has 0 bridgehead atoms. The van der Waals surface area contributed by atoms with Crippen LogP contribution in [0.3, 0.4) is 0 Å². The van der Waals surface area contributed by atoms with Crippen LogP contribution in [0.5, 0.6) is 0 Å². The van der Waals surface area contributed by atoms with Gasteiger partial charge in [0.25, 0.3) is 0 Å². The fraction of sp³-hybridized carbons (Fsp3) is 0.450. The van der Waals surface area contributed by atoms with Gasteiger partial charge in [-0.25, -0.2) is 4.98 Å². The Kier molecular flexibility index (Phi) is 8.64. The summed E-state index contributed by atoms with van der Waals surface area (Å²) >= 11 is 1.40. The Morgan fingerprint density at radius 1 is 1.52 bits per heavy atom. The fourth-order valence-corrected chi connectivity index (χ4v) is 3.87. The number of aliphatic hydroxyl groups excluding tert-OH is 1. The minimum atomic E-state index is -0.829. The number of piperidine rings is 1. The zero-order chi connectivity index (χ0) is 21.4. The molecule has 1 unspecified atom stereocenters. The van der Waals surface area contributed by atoms with Gasteiger partial charge in [-0.3, -0.25) is 9.52 Å². The van der Waals surface area contributed by atoms with Gasteiger partial charge in [0.05, 0.1) is 6.61 Å². The molecule has 9 heteroatoms. The summed E-state index contributed by atoms with van der Waals surface area (Å²) in [6.07, 6.45) is 4.55. The van der Waals surface area contributed by atoms with Gasteiger partial charge >= 0.3 is 0 Å². The first-order valence-corrected chi connectivity index (χ1v) is 10.2. The summed E-state index contributed by atoms with van der Waals surface area (Å²) in [5.74, 6) is -1.26. The van der Waals surface area contributed by atoms with Crippen LogP contribution in [0.15, 0.2) is 34.4 Å². The third-order valence-electron chi connectivity index (χ3n) is 4.40. The molecule has 0 radical (unpaired) electrons. The summed E-state index contributed by atoms with van der Waals surface area (Å²) in [6.45, 7) is 4.66. The molecule has 2 rings (SSSR count). The summed E-state index contributed by atoms with van der Waals surface area (Å²) in [4.78, 5) is 19.0. The van der Waals surface area contributed by atoms with Gasteiger partial charge in [-0.15, -0.1) is 0 Å². The average Bonchev–Trinajstić information content (AvgIpc) is 2.68. The second kappa shape index (κ2) is 11.0. The number of hydrogen-bond donors (Lipinski definition) is 3. The van der Waals surface area contributed by atoms with Gasteiger partial charge in [0.2, 0.25) is 11.9 Å². The molecule has 156 valence electrons. The number of pyridine rings is 1. The lowest BCUT2D eigenvalue weighted by molar-refractivity contribution is -0.111. The second-order valence-electron chi connectivity index (χ2n) is 6.95. The molecule has 29 heavy (non-hydrogen) atoms. The third kappa shape index (κ3) is 6.85. The van der Waals surface area contributed by atoms with Crippen LogP contribution in [-0.2, 0) is 4.79 Å². The van der Waals surface area contributed by atoms with E-state index >= 15 is 0 Å². The number of carbonyl (C=O) groups is 1. The lowest BCUT2D eigenvalue weighted by atomic mass is 10.1. The van der Waals surface area contributed by atoms with Crippen molar-refractivity contribution in [2.24, 2.45) is 0 Å². The number of nitrogens with one attached hydrogen (secondary N) is 2. The normalized spacial score (nSPS) is 17.5. The summed E-state index contributed by atoms with van der Waals surface area (Å²) in [5.41, 5.74) is 1.96. The van der Waals surface area contributed by atoms with Gasteiger partial charge in [-0.2, -0.15) is 9.65 Å². The summed E-state index contributed by atoms with van der Waals surface area (Å²) in [5, 5.41) is 20.8. The van der Waals surface area contributed by atoms with Crippen molar-refractivity contribution in [2.75, 3.05) is 25.5 Å². The predicted molar refractivity (Wildman–Crippen MR) is 112 cm³/mol. The molecule has 2 heterocycles. The van der Waals surface area contributed by atoms with E-state index in [1.807, 2.05) is 20.9 Å². The zero-order valence-electron chi connectivity index (χ0n) is 16.8. The molecule has 0 spiro atoms. The number of rotatable bonds is 7. The first-order chi connectivity index (χ1) is 13.8. The molecule has 1 aliphatic rings. The Balaban J connectivity index is 2.24. The Bertz CT molecular complexity index is 850. The molecule has 1 amide bonds. The number of nitriles is 1. The minimum Gasteiger partial charge on any atom is -0.395 e. The van der Waals surface area contributed by atoms with Crippen molar-refractivity contribution < 1.29 is 14.3 Å². The fourth-order valence-electron chi connectivity index (χ4n) is 2.88. The van der Waals surface area contributed by atoms with Gasteiger partial charge in [0, 0.05) is 48.1 Å². The molecular formula is C20H26FN5O2S. The van der Waals surface area contributed by atoms with Gasteiger partial charge in [0.15, 0.2) is 0 Å².